The number of carboxylic acids is 1. The molecule has 1 aromatic rings. The standard InChI is InChI=1S/C9H8BrNO2/c10-7-2-1-3-11-8(7)5-4-6(5)9(12)13/h1-3,5-6H,4H2,(H,12,13). The van der Waals surface area contributed by atoms with Crippen LogP contribution in [-0.4, -0.2) is 16.1 Å². The molecule has 4 heteroatoms. The van der Waals surface area contributed by atoms with Gasteiger partial charge in [0.1, 0.15) is 0 Å². The summed E-state index contributed by atoms with van der Waals surface area (Å²) >= 11 is 3.36. The van der Waals surface area contributed by atoms with Gasteiger partial charge in [-0.1, -0.05) is 0 Å². The van der Waals surface area contributed by atoms with Gasteiger partial charge in [-0.15, -0.1) is 0 Å². The number of rotatable bonds is 2. The van der Waals surface area contributed by atoms with E-state index in [1.807, 2.05) is 12.1 Å². The zero-order valence-corrected chi connectivity index (χ0v) is 8.36. The number of hydrogen-bond donors (Lipinski definition) is 1. The topological polar surface area (TPSA) is 50.2 Å². The van der Waals surface area contributed by atoms with E-state index in [9.17, 15) is 4.79 Å². The predicted molar refractivity (Wildman–Crippen MR) is 50.4 cm³/mol. The monoisotopic (exact) mass is 241 g/mol. The fraction of sp³-hybridized carbons (Fsp3) is 0.333. The van der Waals surface area contributed by atoms with E-state index in [-0.39, 0.29) is 11.8 Å². The molecule has 0 aliphatic heterocycles. The Bertz CT molecular complexity index is 353. The summed E-state index contributed by atoms with van der Waals surface area (Å²) in [7, 11) is 0. The van der Waals surface area contributed by atoms with E-state index >= 15 is 0 Å². The number of nitrogens with zero attached hydrogens (tertiary/aromatic N) is 1. The molecule has 0 radical (unpaired) electrons. The molecule has 3 nitrogen and oxygen atoms in total. The van der Waals surface area contributed by atoms with E-state index in [0.29, 0.717) is 6.42 Å². The molecule has 1 fully saturated rings. The van der Waals surface area contributed by atoms with Gasteiger partial charge in [-0.3, -0.25) is 9.78 Å². The highest BCUT2D eigenvalue weighted by Gasteiger charge is 2.45. The van der Waals surface area contributed by atoms with Crippen LogP contribution in [-0.2, 0) is 4.79 Å². The zero-order valence-electron chi connectivity index (χ0n) is 6.77. The molecule has 1 saturated carbocycles. The number of aromatic nitrogens is 1. The summed E-state index contributed by atoms with van der Waals surface area (Å²) in [6.45, 7) is 0. The Labute approximate surface area is 83.9 Å². The molecule has 1 heterocycles. The van der Waals surface area contributed by atoms with Gasteiger partial charge in [-0.2, -0.15) is 0 Å². The van der Waals surface area contributed by atoms with Crippen LogP contribution in [0.1, 0.15) is 18.0 Å². The Morgan fingerprint density at radius 1 is 1.69 bits per heavy atom. The Morgan fingerprint density at radius 3 is 3.00 bits per heavy atom. The van der Waals surface area contributed by atoms with Crippen molar-refractivity contribution < 1.29 is 9.90 Å². The van der Waals surface area contributed by atoms with Crippen molar-refractivity contribution >= 4 is 21.9 Å². The Morgan fingerprint density at radius 2 is 2.46 bits per heavy atom. The maximum atomic E-state index is 10.6. The van der Waals surface area contributed by atoms with Crippen molar-refractivity contribution in [2.24, 2.45) is 5.92 Å². The number of carbonyl (C=O) groups is 1. The average molecular weight is 242 g/mol. The van der Waals surface area contributed by atoms with E-state index < -0.39 is 5.97 Å². The molecule has 0 amide bonds. The molecular weight excluding hydrogens is 234 g/mol. The summed E-state index contributed by atoms with van der Waals surface area (Å²) in [6, 6.07) is 3.71. The first-order valence-electron chi connectivity index (χ1n) is 4.03. The summed E-state index contributed by atoms with van der Waals surface area (Å²) in [4.78, 5) is 14.8. The molecule has 13 heavy (non-hydrogen) atoms. The number of carboxylic acid groups (broad SMARTS) is 1. The lowest BCUT2D eigenvalue weighted by Crippen LogP contribution is -2.00. The molecule has 1 N–H and O–H groups in total. The second kappa shape index (κ2) is 3.10. The Kier molecular flexibility index (Phi) is 2.07. The average Bonchev–Trinajstić information content (AvgIpc) is 2.84. The number of halogens is 1. The summed E-state index contributed by atoms with van der Waals surface area (Å²) in [5.74, 6) is -0.846. The number of hydrogen-bond acceptors (Lipinski definition) is 2. The highest BCUT2D eigenvalue weighted by molar-refractivity contribution is 9.10. The van der Waals surface area contributed by atoms with E-state index in [2.05, 4.69) is 20.9 Å². The molecule has 0 saturated heterocycles. The van der Waals surface area contributed by atoms with Crippen molar-refractivity contribution in [1.82, 2.24) is 4.98 Å². The lowest BCUT2D eigenvalue weighted by atomic mass is 10.2. The molecule has 1 aliphatic carbocycles. The highest BCUT2D eigenvalue weighted by Crippen LogP contribution is 2.48. The van der Waals surface area contributed by atoms with Crippen LogP contribution in [0.25, 0.3) is 0 Å². The van der Waals surface area contributed by atoms with Gasteiger partial charge in [-0.25, -0.2) is 0 Å². The van der Waals surface area contributed by atoms with Crippen LogP contribution < -0.4 is 0 Å². The fourth-order valence-electron chi connectivity index (χ4n) is 1.44. The number of pyridine rings is 1. The lowest BCUT2D eigenvalue weighted by molar-refractivity contribution is -0.138. The van der Waals surface area contributed by atoms with Gasteiger partial charge in [-0.05, 0) is 34.5 Å². The quantitative estimate of drug-likeness (QED) is 0.863. The first-order chi connectivity index (χ1) is 6.20. The van der Waals surface area contributed by atoms with E-state index in [0.717, 1.165) is 10.2 Å². The van der Waals surface area contributed by atoms with Crippen molar-refractivity contribution in [2.75, 3.05) is 0 Å². The normalized spacial score (nSPS) is 25.6. The van der Waals surface area contributed by atoms with Gasteiger partial charge in [0, 0.05) is 16.6 Å². The molecule has 1 aliphatic rings. The van der Waals surface area contributed by atoms with Crippen LogP contribution in [0.4, 0.5) is 0 Å². The molecule has 0 bridgehead atoms. The van der Waals surface area contributed by atoms with Gasteiger partial charge < -0.3 is 5.11 Å². The minimum Gasteiger partial charge on any atom is -0.481 e. The molecule has 2 atom stereocenters. The predicted octanol–water partition coefficient (Wildman–Crippen LogP) is 2.03. The van der Waals surface area contributed by atoms with Crippen molar-refractivity contribution in [3.63, 3.8) is 0 Å². The van der Waals surface area contributed by atoms with Gasteiger partial charge >= 0.3 is 5.97 Å². The molecule has 0 spiro atoms. The molecule has 2 rings (SSSR count). The lowest BCUT2D eigenvalue weighted by Gasteiger charge is -1.99. The van der Waals surface area contributed by atoms with E-state index in [1.165, 1.54) is 0 Å². The second-order valence-electron chi connectivity index (χ2n) is 3.16. The van der Waals surface area contributed by atoms with Gasteiger partial charge in [0.15, 0.2) is 0 Å². The summed E-state index contributed by atoms with van der Waals surface area (Å²) in [5, 5.41) is 8.73. The largest absolute Gasteiger partial charge is 0.481 e. The van der Waals surface area contributed by atoms with Crippen molar-refractivity contribution in [3.05, 3.63) is 28.5 Å². The Balaban J connectivity index is 2.21. The van der Waals surface area contributed by atoms with Crippen molar-refractivity contribution in [3.8, 4) is 0 Å². The first-order valence-corrected chi connectivity index (χ1v) is 4.82. The second-order valence-corrected chi connectivity index (χ2v) is 4.01. The zero-order chi connectivity index (χ0) is 9.42. The highest BCUT2D eigenvalue weighted by atomic mass is 79.9. The first kappa shape index (κ1) is 8.69. The van der Waals surface area contributed by atoms with Gasteiger partial charge in [0.2, 0.25) is 0 Å². The minimum atomic E-state index is -0.720. The van der Waals surface area contributed by atoms with Crippen LogP contribution in [0, 0.1) is 5.92 Å². The van der Waals surface area contributed by atoms with Crippen LogP contribution in [0.3, 0.4) is 0 Å². The fourth-order valence-corrected chi connectivity index (χ4v) is 1.99. The molecule has 68 valence electrons. The van der Waals surface area contributed by atoms with Crippen molar-refractivity contribution in [2.45, 2.75) is 12.3 Å². The maximum absolute atomic E-state index is 10.6. The van der Waals surface area contributed by atoms with Gasteiger partial charge in [0.05, 0.1) is 11.6 Å². The summed E-state index contributed by atoms with van der Waals surface area (Å²) in [6.07, 6.45) is 2.41. The number of aliphatic carboxylic acids is 1. The minimum absolute atomic E-state index is 0.105. The van der Waals surface area contributed by atoms with Crippen LogP contribution in [0.2, 0.25) is 0 Å². The third kappa shape index (κ3) is 1.58. The third-order valence-corrected chi connectivity index (χ3v) is 2.92. The Hall–Kier alpha value is -0.900. The summed E-state index contributed by atoms with van der Waals surface area (Å²) in [5.41, 5.74) is 0.870. The maximum Gasteiger partial charge on any atom is 0.307 e. The molecule has 2 unspecified atom stereocenters. The van der Waals surface area contributed by atoms with Gasteiger partial charge in [0.25, 0.3) is 0 Å². The van der Waals surface area contributed by atoms with E-state index in [1.54, 1.807) is 6.20 Å². The van der Waals surface area contributed by atoms with Crippen molar-refractivity contribution in [1.29, 1.82) is 0 Å². The SMILES string of the molecule is O=C(O)C1CC1c1ncccc1Br. The van der Waals surface area contributed by atoms with Crippen LogP contribution >= 0.6 is 15.9 Å². The van der Waals surface area contributed by atoms with E-state index in [4.69, 9.17) is 5.11 Å². The molecule has 0 aromatic carbocycles. The summed E-state index contributed by atoms with van der Waals surface area (Å²) < 4.78 is 0.906. The molecule has 1 aromatic heterocycles. The molecular formula is C9H8BrNO2. The smallest absolute Gasteiger partial charge is 0.307 e. The van der Waals surface area contributed by atoms with Crippen LogP contribution in [0.5, 0.6) is 0 Å². The van der Waals surface area contributed by atoms with Crippen LogP contribution in [0.15, 0.2) is 22.8 Å². The third-order valence-electron chi connectivity index (χ3n) is 2.25.